The predicted molar refractivity (Wildman–Crippen MR) is 204 cm³/mol. The van der Waals surface area contributed by atoms with Gasteiger partial charge in [0.05, 0.1) is 25.4 Å². The number of aliphatic hydroxyl groups excluding tert-OH is 12. The summed E-state index contributed by atoms with van der Waals surface area (Å²) < 4.78 is 51.5. The second-order valence-electron chi connectivity index (χ2n) is 15.9. The molecule has 0 spiro atoms. The van der Waals surface area contributed by atoms with Crippen LogP contribution < -0.4 is 14.9 Å². The molecule has 0 unspecified atom stereocenters. The third-order valence-corrected chi connectivity index (χ3v) is 11.5. The van der Waals surface area contributed by atoms with Crippen LogP contribution in [-0.4, -0.2) is 213 Å². The van der Waals surface area contributed by atoms with E-state index in [1.54, 1.807) is 0 Å². The van der Waals surface area contributed by atoms with Gasteiger partial charge in [-0.1, -0.05) is 0 Å². The number of phenolic OH excluding ortho intramolecular Hbond substituents is 3. The van der Waals surface area contributed by atoms with Gasteiger partial charge in [-0.2, -0.15) is 0 Å². The van der Waals surface area contributed by atoms with E-state index in [2.05, 4.69) is 0 Å². The monoisotopic (exact) mass is 918 g/mol. The molecule has 0 bridgehead atoms. The summed E-state index contributed by atoms with van der Waals surface area (Å²) in [6.45, 7) is 1.16. The van der Waals surface area contributed by atoms with Crippen molar-refractivity contribution in [1.29, 1.82) is 0 Å². The SMILES string of the molecule is C[C@@H]1O[C@@H](OC[C@H]2O[C@@H](Oc3c(-c4ccc(O)c(O)c4)oc4cc(O[C@@H]5O[C@H](CO)[C@@H](O)[C@H](O)[C@H]5O)cc(O)c4c3=O)[C@H](O[C@@H]3O[C@@H](C)[C@H](O)[C@@H](O)[C@H]3O)[C@@H](O)[C@@H]2O)[C@H](O)[C@H](O)[C@H]1O. The van der Waals surface area contributed by atoms with Gasteiger partial charge in [-0.05, 0) is 32.0 Å². The summed E-state index contributed by atoms with van der Waals surface area (Å²) in [4.78, 5) is 14.5. The molecular formula is C39H50O25. The average Bonchev–Trinajstić information content (AvgIpc) is 3.26. The lowest BCUT2D eigenvalue weighted by Crippen LogP contribution is -2.65. The molecule has 1 aromatic heterocycles. The second-order valence-corrected chi connectivity index (χ2v) is 15.9. The van der Waals surface area contributed by atoms with Crippen LogP contribution in [0.15, 0.2) is 39.5 Å². The molecule has 4 aliphatic heterocycles. The van der Waals surface area contributed by atoms with Crippen molar-refractivity contribution in [2.45, 2.75) is 137 Å². The lowest BCUT2D eigenvalue weighted by Gasteiger charge is -2.46. The van der Waals surface area contributed by atoms with Crippen LogP contribution in [0.4, 0.5) is 0 Å². The van der Waals surface area contributed by atoms with Gasteiger partial charge < -0.3 is 119 Å². The highest BCUT2D eigenvalue weighted by atomic mass is 16.8. The van der Waals surface area contributed by atoms with Crippen LogP contribution in [0.2, 0.25) is 0 Å². The lowest BCUT2D eigenvalue weighted by atomic mass is 9.97. The predicted octanol–water partition coefficient (Wildman–Crippen LogP) is -5.36. The minimum atomic E-state index is -2.12. The average molecular weight is 919 g/mol. The van der Waals surface area contributed by atoms with Crippen LogP contribution in [0.1, 0.15) is 13.8 Å². The molecule has 2 aromatic carbocycles. The number of hydrogen-bond donors (Lipinski definition) is 15. The molecule has 0 amide bonds. The zero-order valence-electron chi connectivity index (χ0n) is 33.6. The molecule has 64 heavy (non-hydrogen) atoms. The molecular weight excluding hydrogens is 868 g/mol. The van der Waals surface area contributed by atoms with E-state index in [1.165, 1.54) is 13.8 Å². The van der Waals surface area contributed by atoms with Crippen LogP contribution in [-0.2, 0) is 28.4 Å². The van der Waals surface area contributed by atoms with E-state index in [0.29, 0.717) is 0 Å². The van der Waals surface area contributed by atoms with Crippen molar-refractivity contribution in [2.24, 2.45) is 0 Å². The zero-order chi connectivity index (χ0) is 46.6. The zero-order valence-corrected chi connectivity index (χ0v) is 33.6. The molecule has 356 valence electrons. The highest BCUT2D eigenvalue weighted by Gasteiger charge is 2.52. The number of phenols is 3. The molecule has 25 nitrogen and oxygen atoms in total. The normalized spacial score (nSPS) is 40.6. The van der Waals surface area contributed by atoms with Crippen molar-refractivity contribution in [1.82, 2.24) is 0 Å². The van der Waals surface area contributed by atoms with Gasteiger partial charge in [0.1, 0.15) is 102 Å². The van der Waals surface area contributed by atoms with Gasteiger partial charge >= 0.3 is 0 Å². The molecule has 25 heteroatoms. The smallest absolute Gasteiger partial charge is 0.239 e. The summed E-state index contributed by atoms with van der Waals surface area (Å²) in [5.41, 5.74) is -1.85. The highest BCUT2D eigenvalue weighted by Crippen LogP contribution is 2.41. The summed E-state index contributed by atoms with van der Waals surface area (Å²) in [5, 5.41) is 157. The molecule has 0 radical (unpaired) electrons. The number of benzene rings is 2. The summed E-state index contributed by atoms with van der Waals surface area (Å²) in [5.74, 6) is -3.98. The summed E-state index contributed by atoms with van der Waals surface area (Å²) in [6, 6.07) is 5.00. The summed E-state index contributed by atoms with van der Waals surface area (Å²) >= 11 is 0. The van der Waals surface area contributed by atoms with E-state index in [4.69, 9.17) is 42.3 Å². The Kier molecular flexibility index (Phi) is 14.2. The Morgan fingerprint density at radius 2 is 1.14 bits per heavy atom. The Morgan fingerprint density at radius 3 is 1.78 bits per heavy atom. The Morgan fingerprint density at radius 1 is 0.562 bits per heavy atom. The van der Waals surface area contributed by atoms with Crippen molar-refractivity contribution in [3.63, 3.8) is 0 Å². The Hall–Kier alpha value is -4.07. The van der Waals surface area contributed by atoms with Gasteiger partial charge in [0.25, 0.3) is 0 Å². The molecule has 0 saturated carbocycles. The van der Waals surface area contributed by atoms with Crippen LogP contribution in [0, 0.1) is 0 Å². The number of fused-ring (bicyclic) bond motifs is 1. The van der Waals surface area contributed by atoms with Gasteiger partial charge in [0.2, 0.25) is 23.8 Å². The Labute approximate surface area is 360 Å². The number of aromatic hydroxyl groups is 3. The van der Waals surface area contributed by atoms with E-state index in [-0.39, 0.29) is 11.3 Å². The first-order valence-corrected chi connectivity index (χ1v) is 19.9. The fourth-order valence-electron chi connectivity index (χ4n) is 7.61. The van der Waals surface area contributed by atoms with E-state index >= 15 is 0 Å². The Bertz CT molecular complexity index is 2150. The summed E-state index contributed by atoms with van der Waals surface area (Å²) in [7, 11) is 0. The largest absolute Gasteiger partial charge is 0.507 e. The van der Waals surface area contributed by atoms with Gasteiger partial charge in [-0.15, -0.1) is 0 Å². The van der Waals surface area contributed by atoms with Gasteiger partial charge in [0.15, 0.2) is 35.9 Å². The minimum Gasteiger partial charge on any atom is -0.507 e. The van der Waals surface area contributed by atoms with Crippen LogP contribution in [0.5, 0.6) is 28.7 Å². The van der Waals surface area contributed by atoms with Crippen LogP contribution in [0.25, 0.3) is 22.3 Å². The van der Waals surface area contributed by atoms with Crippen molar-refractivity contribution < 1.29 is 119 Å². The molecule has 20 atom stereocenters. The molecule has 0 aliphatic carbocycles. The van der Waals surface area contributed by atoms with E-state index in [0.717, 1.165) is 30.3 Å². The third kappa shape index (κ3) is 9.06. The second kappa shape index (κ2) is 19.0. The van der Waals surface area contributed by atoms with E-state index in [1.807, 2.05) is 0 Å². The first kappa shape index (κ1) is 47.9. The van der Waals surface area contributed by atoms with Gasteiger partial charge in [0, 0.05) is 17.7 Å². The fraction of sp³-hybridized carbons (Fsp3) is 0.615. The van der Waals surface area contributed by atoms with Crippen molar-refractivity contribution in [2.75, 3.05) is 13.2 Å². The number of rotatable bonds is 11. The third-order valence-electron chi connectivity index (χ3n) is 11.5. The van der Waals surface area contributed by atoms with Crippen molar-refractivity contribution in [3.8, 4) is 40.1 Å². The first-order chi connectivity index (χ1) is 30.2. The molecule has 4 aliphatic rings. The van der Waals surface area contributed by atoms with Crippen LogP contribution in [0.3, 0.4) is 0 Å². The lowest BCUT2D eigenvalue weighted by molar-refractivity contribution is -0.360. The minimum absolute atomic E-state index is 0.187. The van der Waals surface area contributed by atoms with Crippen molar-refractivity contribution in [3.05, 3.63) is 40.6 Å². The highest BCUT2D eigenvalue weighted by molar-refractivity contribution is 5.88. The maximum atomic E-state index is 14.5. The maximum Gasteiger partial charge on any atom is 0.239 e. The van der Waals surface area contributed by atoms with E-state index < -0.39 is 181 Å². The standard InChI is InChI=1S/C39H50O25/c1-10-21(44)26(49)30(53)36(57-10)56-9-19-24(47)29(52)35(64-37-31(54)27(50)22(45)11(2)58-37)39(62-19)63-34-25(48)20-16(43)6-13(59-38-32(55)28(51)23(46)18(8-40)61-38)7-17(20)60-33(34)12-3-4-14(41)15(42)5-12/h3-7,10-11,18-19,21-24,26-32,35-47,49-55H,8-9H2,1-2H3/t10-,11-,18+,19+,21-,22-,23+,24+,26+,27+,28-,29-,30+,31+,32+,35+,36+,37-,38+,39-/m0/s1. The quantitative estimate of drug-likeness (QED) is 0.0798. The fourth-order valence-corrected chi connectivity index (χ4v) is 7.61. The molecule has 3 aromatic rings. The first-order valence-electron chi connectivity index (χ1n) is 19.9. The van der Waals surface area contributed by atoms with Crippen molar-refractivity contribution >= 4 is 11.0 Å². The number of ether oxygens (including phenoxy) is 8. The molecule has 5 heterocycles. The molecule has 4 saturated heterocycles. The molecule has 7 rings (SSSR count). The van der Waals surface area contributed by atoms with E-state index in [9.17, 15) is 81.4 Å². The maximum absolute atomic E-state index is 14.5. The van der Waals surface area contributed by atoms with Gasteiger partial charge in [-0.25, -0.2) is 0 Å². The number of hydrogen-bond acceptors (Lipinski definition) is 25. The topological polar surface area (TPSA) is 408 Å². The van der Waals surface area contributed by atoms with Gasteiger partial charge in [-0.3, -0.25) is 4.79 Å². The number of aliphatic hydroxyl groups is 12. The summed E-state index contributed by atoms with van der Waals surface area (Å²) in [6.07, 6.45) is -34.6. The van der Waals surface area contributed by atoms with Crippen LogP contribution >= 0.6 is 0 Å². The molecule has 4 fully saturated rings. The molecule has 15 N–H and O–H groups in total. The Balaban J connectivity index is 1.28.